The molecule has 0 bridgehead atoms. The number of hydrogen-bond acceptors (Lipinski definition) is 2. The van der Waals surface area contributed by atoms with Gasteiger partial charge >= 0.3 is 5.97 Å². The lowest BCUT2D eigenvalue weighted by molar-refractivity contribution is -0.143. The molecule has 19 heavy (non-hydrogen) atoms. The zero-order valence-electron chi connectivity index (χ0n) is 11.1. The molecule has 0 aliphatic heterocycles. The first-order chi connectivity index (χ1) is 9.22. The first-order valence-corrected chi connectivity index (χ1v) is 7.18. The van der Waals surface area contributed by atoms with Gasteiger partial charge < -0.3 is 9.84 Å². The van der Waals surface area contributed by atoms with Crippen molar-refractivity contribution in [2.75, 3.05) is 6.61 Å². The molecule has 1 aromatic rings. The van der Waals surface area contributed by atoms with Gasteiger partial charge in [0, 0.05) is 5.56 Å². The molecule has 1 aromatic carbocycles. The third kappa shape index (κ3) is 2.34. The Morgan fingerprint density at radius 3 is 2.58 bits per heavy atom. The lowest BCUT2D eigenvalue weighted by Crippen LogP contribution is -2.33. The maximum Gasteiger partial charge on any atom is 0.314 e. The van der Waals surface area contributed by atoms with E-state index in [1.807, 2.05) is 24.3 Å². The third-order valence-electron chi connectivity index (χ3n) is 4.44. The van der Waals surface area contributed by atoms with Crippen molar-refractivity contribution in [3.05, 3.63) is 29.8 Å². The molecule has 2 fully saturated rings. The average Bonchev–Trinajstić information content (AvgIpc) is 3.11. The van der Waals surface area contributed by atoms with Crippen LogP contribution in [0.4, 0.5) is 0 Å². The summed E-state index contributed by atoms with van der Waals surface area (Å²) < 4.78 is 5.89. The van der Waals surface area contributed by atoms with Gasteiger partial charge in [-0.05, 0) is 37.7 Å². The Labute approximate surface area is 113 Å². The van der Waals surface area contributed by atoms with E-state index in [1.54, 1.807) is 0 Å². The molecule has 0 saturated heterocycles. The number of rotatable bonds is 5. The van der Waals surface area contributed by atoms with E-state index in [0.717, 1.165) is 43.6 Å². The van der Waals surface area contributed by atoms with Crippen LogP contribution in [0.2, 0.25) is 0 Å². The lowest BCUT2D eigenvalue weighted by atomic mass is 9.78. The van der Waals surface area contributed by atoms with Crippen molar-refractivity contribution >= 4 is 5.97 Å². The number of para-hydroxylation sites is 1. The van der Waals surface area contributed by atoms with E-state index >= 15 is 0 Å². The predicted octanol–water partition coefficient (Wildman–Crippen LogP) is 3.37. The van der Waals surface area contributed by atoms with Gasteiger partial charge in [0.05, 0.1) is 12.0 Å². The average molecular weight is 260 g/mol. The molecule has 2 aliphatic rings. The largest absolute Gasteiger partial charge is 0.493 e. The van der Waals surface area contributed by atoms with Gasteiger partial charge in [-0.25, -0.2) is 0 Å². The number of benzene rings is 1. The SMILES string of the molecule is O=C(O)C1(c2ccccc2OCC2CC2)CCCC1. The van der Waals surface area contributed by atoms with Crippen molar-refractivity contribution in [3.8, 4) is 5.75 Å². The molecule has 0 spiro atoms. The van der Waals surface area contributed by atoms with Crippen LogP contribution in [0.5, 0.6) is 5.75 Å². The quantitative estimate of drug-likeness (QED) is 0.883. The number of carboxylic acids is 1. The second-order valence-corrected chi connectivity index (χ2v) is 5.84. The van der Waals surface area contributed by atoms with Gasteiger partial charge in [0.25, 0.3) is 0 Å². The second-order valence-electron chi connectivity index (χ2n) is 5.84. The molecule has 3 heteroatoms. The molecule has 2 saturated carbocycles. The molecule has 2 aliphatic carbocycles. The minimum Gasteiger partial charge on any atom is -0.493 e. The topological polar surface area (TPSA) is 46.5 Å². The fraction of sp³-hybridized carbons (Fsp3) is 0.562. The normalized spacial score (nSPS) is 21.3. The summed E-state index contributed by atoms with van der Waals surface area (Å²) in [6.07, 6.45) is 5.92. The van der Waals surface area contributed by atoms with Gasteiger partial charge in [-0.1, -0.05) is 31.0 Å². The first-order valence-electron chi connectivity index (χ1n) is 7.18. The van der Waals surface area contributed by atoms with Crippen LogP contribution in [0.3, 0.4) is 0 Å². The Morgan fingerprint density at radius 2 is 1.95 bits per heavy atom. The van der Waals surface area contributed by atoms with E-state index in [9.17, 15) is 9.90 Å². The summed E-state index contributed by atoms with van der Waals surface area (Å²) in [6, 6.07) is 7.70. The standard InChI is InChI=1S/C16H20O3/c17-15(18)16(9-3-4-10-16)13-5-1-2-6-14(13)19-11-12-7-8-12/h1-2,5-6,12H,3-4,7-11H2,(H,17,18). The molecular weight excluding hydrogens is 240 g/mol. The van der Waals surface area contributed by atoms with Gasteiger partial charge in [0.2, 0.25) is 0 Å². The molecule has 1 N–H and O–H groups in total. The Morgan fingerprint density at radius 1 is 1.26 bits per heavy atom. The van der Waals surface area contributed by atoms with Crippen LogP contribution in [0.1, 0.15) is 44.1 Å². The Bertz CT molecular complexity index is 471. The monoisotopic (exact) mass is 260 g/mol. The number of carboxylic acid groups (broad SMARTS) is 1. The van der Waals surface area contributed by atoms with Crippen molar-refractivity contribution < 1.29 is 14.6 Å². The van der Waals surface area contributed by atoms with Crippen LogP contribution in [0.25, 0.3) is 0 Å². The third-order valence-corrected chi connectivity index (χ3v) is 4.44. The molecule has 0 unspecified atom stereocenters. The summed E-state index contributed by atoms with van der Waals surface area (Å²) in [7, 11) is 0. The lowest BCUT2D eigenvalue weighted by Gasteiger charge is -2.26. The van der Waals surface area contributed by atoms with Crippen molar-refractivity contribution in [2.24, 2.45) is 5.92 Å². The van der Waals surface area contributed by atoms with E-state index in [1.165, 1.54) is 12.8 Å². The minimum absolute atomic E-state index is 0.678. The van der Waals surface area contributed by atoms with Gasteiger partial charge in [0.15, 0.2) is 0 Å². The van der Waals surface area contributed by atoms with Crippen LogP contribution >= 0.6 is 0 Å². The summed E-state index contributed by atoms with van der Waals surface area (Å²) in [4.78, 5) is 11.8. The summed E-state index contributed by atoms with van der Waals surface area (Å²) in [5.74, 6) is 0.753. The van der Waals surface area contributed by atoms with Crippen LogP contribution in [-0.2, 0) is 10.2 Å². The first kappa shape index (κ1) is 12.5. The molecule has 0 heterocycles. The van der Waals surface area contributed by atoms with Crippen molar-refractivity contribution in [1.29, 1.82) is 0 Å². The minimum atomic E-state index is -0.722. The van der Waals surface area contributed by atoms with Gasteiger partial charge in [0.1, 0.15) is 5.75 Å². The van der Waals surface area contributed by atoms with E-state index in [0.29, 0.717) is 5.92 Å². The second kappa shape index (κ2) is 4.87. The van der Waals surface area contributed by atoms with Gasteiger partial charge in [-0.15, -0.1) is 0 Å². The molecular formula is C16H20O3. The van der Waals surface area contributed by atoms with Crippen molar-refractivity contribution in [1.82, 2.24) is 0 Å². The highest BCUT2D eigenvalue weighted by atomic mass is 16.5. The van der Waals surface area contributed by atoms with Crippen LogP contribution in [0, 0.1) is 5.92 Å². The summed E-state index contributed by atoms with van der Waals surface area (Å²) in [5.41, 5.74) is 0.154. The van der Waals surface area contributed by atoms with Gasteiger partial charge in [-0.2, -0.15) is 0 Å². The van der Waals surface area contributed by atoms with E-state index in [-0.39, 0.29) is 0 Å². The fourth-order valence-electron chi connectivity index (χ4n) is 3.06. The molecule has 0 radical (unpaired) electrons. The maximum absolute atomic E-state index is 11.8. The van der Waals surface area contributed by atoms with Gasteiger partial charge in [-0.3, -0.25) is 4.79 Å². The zero-order valence-corrected chi connectivity index (χ0v) is 11.1. The van der Waals surface area contributed by atoms with E-state index < -0.39 is 11.4 Å². The Kier molecular flexibility index (Phi) is 3.21. The van der Waals surface area contributed by atoms with Crippen LogP contribution in [-0.4, -0.2) is 17.7 Å². The highest BCUT2D eigenvalue weighted by Crippen LogP contribution is 2.45. The van der Waals surface area contributed by atoms with E-state index in [4.69, 9.17) is 4.74 Å². The molecule has 3 nitrogen and oxygen atoms in total. The highest BCUT2D eigenvalue weighted by molar-refractivity contribution is 5.83. The summed E-state index contributed by atoms with van der Waals surface area (Å²) in [5, 5.41) is 9.68. The van der Waals surface area contributed by atoms with E-state index in [2.05, 4.69) is 0 Å². The molecule has 0 amide bonds. The van der Waals surface area contributed by atoms with Crippen molar-refractivity contribution in [2.45, 2.75) is 43.9 Å². The summed E-state index contributed by atoms with van der Waals surface area (Å²) >= 11 is 0. The smallest absolute Gasteiger partial charge is 0.314 e. The number of hydrogen-bond donors (Lipinski definition) is 1. The molecule has 0 aromatic heterocycles. The molecule has 102 valence electrons. The number of aliphatic carboxylic acids is 1. The Balaban J connectivity index is 1.90. The predicted molar refractivity (Wildman–Crippen MR) is 72.4 cm³/mol. The maximum atomic E-state index is 11.8. The fourth-order valence-corrected chi connectivity index (χ4v) is 3.06. The highest BCUT2D eigenvalue weighted by Gasteiger charge is 2.44. The Hall–Kier alpha value is -1.51. The molecule has 3 rings (SSSR count). The zero-order chi connectivity index (χ0) is 13.3. The number of carbonyl (C=O) groups is 1. The number of ether oxygens (including phenoxy) is 1. The van der Waals surface area contributed by atoms with Crippen LogP contribution in [0.15, 0.2) is 24.3 Å². The van der Waals surface area contributed by atoms with Crippen molar-refractivity contribution in [3.63, 3.8) is 0 Å². The molecule has 0 atom stereocenters. The van der Waals surface area contributed by atoms with Crippen LogP contribution < -0.4 is 4.74 Å². The summed E-state index contributed by atoms with van der Waals surface area (Å²) in [6.45, 7) is 0.729.